The van der Waals surface area contributed by atoms with Gasteiger partial charge in [-0.3, -0.25) is 14.2 Å². The second-order valence-corrected chi connectivity index (χ2v) is 11.7. The number of rotatable bonds is 10. The van der Waals surface area contributed by atoms with Crippen molar-refractivity contribution >= 4 is 29.2 Å². The standard InChI is InChI=1S/C31H35ClF2N2O6/c1-18(2)14-24(28(38)35-21-11-8-19(9-12-21)29(39)42-30(3,4)5)36-17-26(40-7)23(16-27(36)37)22-15-20(32)10-13-25(22)41-31(6,33)34/h8-13,15-18,24H,14H2,1-7H3,(H,35,38). The Kier molecular flexibility index (Phi) is 10.0. The summed E-state index contributed by atoms with van der Waals surface area (Å²) in [6.45, 7) is 9.72. The fourth-order valence-corrected chi connectivity index (χ4v) is 4.36. The molecule has 11 heteroatoms. The molecule has 1 unspecified atom stereocenters. The van der Waals surface area contributed by atoms with Crippen LogP contribution in [0.1, 0.15) is 64.4 Å². The van der Waals surface area contributed by atoms with Gasteiger partial charge in [-0.25, -0.2) is 4.79 Å². The van der Waals surface area contributed by atoms with E-state index in [0.29, 0.717) is 24.6 Å². The molecule has 0 saturated carbocycles. The van der Waals surface area contributed by atoms with Crippen molar-refractivity contribution in [3.63, 3.8) is 0 Å². The molecule has 226 valence electrons. The third-order valence-electron chi connectivity index (χ3n) is 5.91. The molecule has 0 radical (unpaired) electrons. The molecule has 0 fully saturated rings. The Morgan fingerprint density at radius 3 is 2.14 bits per heavy atom. The number of aromatic nitrogens is 1. The largest absolute Gasteiger partial charge is 0.495 e. The summed E-state index contributed by atoms with van der Waals surface area (Å²) in [5.74, 6) is -0.999. The Morgan fingerprint density at radius 1 is 0.976 bits per heavy atom. The maximum Gasteiger partial charge on any atom is 0.394 e. The second-order valence-electron chi connectivity index (χ2n) is 11.3. The molecule has 0 saturated heterocycles. The lowest BCUT2D eigenvalue weighted by Gasteiger charge is -2.23. The van der Waals surface area contributed by atoms with E-state index >= 15 is 0 Å². The molecule has 0 bridgehead atoms. The van der Waals surface area contributed by atoms with Crippen LogP contribution in [0.2, 0.25) is 5.02 Å². The van der Waals surface area contributed by atoms with E-state index in [1.165, 1.54) is 54.3 Å². The van der Waals surface area contributed by atoms with E-state index in [9.17, 15) is 23.2 Å². The summed E-state index contributed by atoms with van der Waals surface area (Å²) < 4.78 is 44.4. The predicted octanol–water partition coefficient (Wildman–Crippen LogP) is 7.35. The van der Waals surface area contributed by atoms with Crippen LogP contribution in [-0.2, 0) is 9.53 Å². The minimum Gasteiger partial charge on any atom is -0.495 e. The molecule has 1 amide bonds. The Labute approximate surface area is 248 Å². The van der Waals surface area contributed by atoms with Crippen molar-refractivity contribution < 1.29 is 32.6 Å². The number of benzene rings is 2. The van der Waals surface area contributed by atoms with Crippen molar-refractivity contribution in [1.29, 1.82) is 0 Å². The van der Waals surface area contributed by atoms with Crippen molar-refractivity contribution in [3.05, 3.63) is 75.7 Å². The van der Waals surface area contributed by atoms with Gasteiger partial charge in [0.15, 0.2) is 0 Å². The number of carbonyl (C=O) groups excluding carboxylic acids is 2. The highest BCUT2D eigenvalue weighted by atomic mass is 35.5. The number of esters is 1. The molecule has 1 N–H and O–H groups in total. The molecule has 1 atom stereocenters. The summed E-state index contributed by atoms with van der Waals surface area (Å²) in [5, 5.41) is 3.04. The fraction of sp³-hybridized carbons (Fsp3) is 0.387. The first-order valence-corrected chi connectivity index (χ1v) is 13.7. The van der Waals surface area contributed by atoms with Crippen molar-refractivity contribution in [2.75, 3.05) is 12.4 Å². The van der Waals surface area contributed by atoms with Crippen molar-refractivity contribution in [1.82, 2.24) is 4.57 Å². The monoisotopic (exact) mass is 604 g/mol. The minimum atomic E-state index is -3.49. The van der Waals surface area contributed by atoms with Crippen LogP contribution >= 0.6 is 11.6 Å². The van der Waals surface area contributed by atoms with Crippen LogP contribution in [0.15, 0.2) is 59.5 Å². The Hall–Kier alpha value is -3.92. The number of nitrogens with zero attached hydrogens (tertiary/aromatic N) is 1. The van der Waals surface area contributed by atoms with Gasteiger partial charge in [-0.15, -0.1) is 0 Å². The molecule has 8 nitrogen and oxygen atoms in total. The molecular formula is C31H35ClF2N2O6. The molecule has 0 aliphatic carbocycles. The van der Waals surface area contributed by atoms with Gasteiger partial charge in [0.25, 0.3) is 5.56 Å². The van der Waals surface area contributed by atoms with Crippen molar-refractivity contribution in [2.45, 2.75) is 65.7 Å². The number of hydrogen-bond donors (Lipinski definition) is 1. The number of hydrogen-bond acceptors (Lipinski definition) is 6. The van der Waals surface area contributed by atoms with E-state index in [2.05, 4.69) is 5.32 Å². The zero-order valence-electron chi connectivity index (χ0n) is 24.6. The quantitative estimate of drug-likeness (QED) is 0.243. The Bertz CT molecular complexity index is 1490. The maximum absolute atomic E-state index is 13.7. The Balaban J connectivity index is 1.98. The van der Waals surface area contributed by atoms with Gasteiger partial charge in [-0.05, 0) is 75.6 Å². The zero-order valence-corrected chi connectivity index (χ0v) is 25.3. The van der Waals surface area contributed by atoms with Gasteiger partial charge in [-0.2, -0.15) is 8.78 Å². The van der Waals surface area contributed by atoms with E-state index in [4.69, 9.17) is 25.8 Å². The summed E-state index contributed by atoms with van der Waals surface area (Å²) in [4.78, 5) is 39.3. The topological polar surface area (TPSA) is 95.9 Å². The SMILES string of the molecule is COc1cn(C(CC(C)C)C(=O)Nc2ccc(C(=O)OC(C)(C)C)cc2)c(=O)cc1-c1cc(Cl)ccc1OC(C)(F)F. The lowest BCUT2D eigenvalue weighted by atomic mass is 10.0. The van der Waals surface area contributed by atoms with Crippen molar-refractivity contribution in [3.8, 4) is 22.6 Å². The molecular weight excluding hydrogens is 570 g/mol. The predicted molar refractivity (Wildman–Crippen MR) is 158 cm³/mol. The molecule has 3 rings (SSSR count). The van der Waals surface area contributed by atoms with Crippen LogP contribution in [0.5, 0.6) is 11.5 Å². The lowest BCUT2D eigenvalue weighted by Crippen LogP contribution is -2.34. The number of nitrogens with one attached hydrogen (secondary N) is 1. The molecule has 2 aromatic carbocycles. The third-order valence-corrected chi connectivity index (χ3v) is 6.14. The van der Waals surface area contributed by atoms with Gasteiger partial charge in [-0.1, -0.05) is 25.4 Å². The minimum absolute atomic E-state index is 0.0209. The number of carbonyl (C=O) groups is 2. The van der Waals surface area contributed by atoms with Gasteiger partial charge in [0, 0.05) is 34.8 Å². The van der Waals surface area contributed by atoms with Gasteiger partial charge in [0.2, 0.25) is 5.91 Å². The summed E-state index contributed by atoms with van der Waals surface area (Å²) in [6.07, 6.45) is -1.82. The Morgan fingerprint density at radius 2 is 1.60 bits per heavy atom. The third kappa shape index (κ3) is 8.79. The fourth-order valence-electron chi connectivity index (χ4n) is 4.19. The van der Waals surface area contributed by atoms with E-state index in [-0.39, 0.29) is 33.6 Å². The van der Waals surface area contributed by atoms with Crippen LogP contribution < -0.4 is 20.3 Å². The molecule has 1 aromatic heterocycles. The highest BCUT2D eigenvalue weighted by Gasteiger charge is 2.28. The average molecular weight is 605 g/mol. The molecule has 0 spiro atoms. The number of anilines is 1. The first kappa shape index (κ1) is 32.6. The van der Waals surface area contributed by atoms with Crippen LogP contribution in [0.4, 0.5) is 14.5 Å². The van der Waals surface area contributed by atoms with Gasteiger partial charge < -0.3 is 19.5 Å². The van der Waals surface area contributed by atoms with Crippen LogP contribution in [0, 0.1) is 5.92 Å². The maximum atomic E-state index is 13.7. The zero-order chi connectivity index (χ0) is 31.4. The summed E-state index contributed by atoms with van der Waals surface area (Å²) in [5.41, 5.74) is -0.189. The van der Waals surface area contributed by atoms with Crippen LogP contribution in [-0.4, -0.2) is 35.3 Å². The normalized spacial score (nSPS) is 12.5. The van der Waals surface area contributed by atoms with Gasteiger partial charge >= 0.3 is 12.1 Å². The first-order chi connectivity index (χ1) is 19.5. The molecule has 0 aliphatic heterocycles. The van der Waals surface area contributed by atoms with E-state index < -0.39 is 35.2 Å². The first-order valence-electron chi connectivity index (χ1n) is 13.3. The summed E-state index contributed by atoms with van der Waals surface area (Å²) in [6, 6.07) is 10.5. The van der Waals surface area contributed by atoms with Crippen LogP contribution in [0.25, 0.3) is 11.1 Å². The highest BCUT2D eigenvalue weighted by Crippen LogP contribution is 2.39. The molecule has 0 aliphatic rings. The number of methoxy groups -OCH3 is 1. The number of alkyl halides is 2. The molecule has 42 heavy (non-hydrogen) atoms. The number of ether oxygens (including phenoxy) is 3. The second kappa shape index (κ2) is 12.9. The molecule has 3 aromatic rings. The summed E-state index contributed by atoms with van der Waals surface area (Å²) in [7, 11) is 1.36. The smallest absolute Gasteiger partial charge is 0.394 e. The van der Waals surface area contributed by atoms with Gasteiger partial charge in [0.1, 0.15) is 23.1 Å². The lowest BCUT2D eigenvalue weighted by molar-refractivity contribution is -0.158. The number of amides is 1. The summed E-state index contributed by atoms with van der Waals surface area (Å²) >= 11 is 6.14. The number of pyridine rings is 1. The average Bonchev–Trinajstić information content (AvgIpc) is 2.87. The van der Waals surface area contributed by atoms with E-state index in [1.54, 1.807) is 32.9 Å². The van der Waals surface area contributed by atoms with E-state index in [0.717, 1.165) is 0 Å². The molecule has 1 heterocycles. The van der Waals surface area contributed by atoms with E-state index in [1.807, 2.05) is 13.8 Å². The highest BCUT2D eigenvalue weighted by molar-refractivity contribution is 6.31. The van der Waals surface area contributed by atoms with Crippen LogP contribution in [0.3, 0.4) is 0 Å². The van der Waals surface area contributed by atoms with Gasteiger partial charge in [0.05, 0.1) is 18.9 Å². The number of halogens is 3. The van der Waals surface area contributed by atoms with Crippen molar-refractivity contribution in [2.24, 2.45) is 5.92 Å².